The molecular weight excluding hydrogens is 424 g/mol. The van der Waals surface area contributed by atoms with Crippen molar-refractivity contribution in [3.8, 4) is 11.5 Å². The quantitative estimate of drug-likeness (QED) is 0.476. The zero-order valence-corrected chi connectivity index (χ0v) is 19.9. The highest BCUT2D eigenvalue weighted by Crippen LogP contribution is 2.40. The van der Waals surface area contributed by atoms with E-state index in [0.717, 1.165) is 47.7 Å². The number of fused-ring (bicyclic) bond motifs is 2. The third-order valence-corrected chi connectivity index (χ3v) is 6.62. The van der Waals surface area contributed by atoms with Crippen LogP contribution in [0, 0.1) is 0 Å². The first kappa shape index (κ1) is 22.4. The summed E-state index contributed by atoms with van der Waals surface area (Å²) in [6.07, 6.45) is 0.856. The molecule has 8 heteroatoms. The van der Waals surface area contributed by atoms with Gasteiger partial charge >= 0.3 is 0 Å². The van der Waals surface area contributed by atoms with E-state index < -0.39 is 0 Å². The molecule has 1 amide bonds. The van der Waals surface area contributed by atoms with Crippen molar-refractivity contribution in [2.45, 2.75) is 20.3 Å². The number of carbonyl (C=O) groups excluding carboxylic acids is 1. The van der Waals surface area contributed by atoms with Crippen LogP contribution in [-0.4, -0.2) is 62.9 Å². The zero-order chi connectivity index (χ0) is 22.7. The molecule has 1 aliphatic heterocycles. The minimum atomic E-state index is -0.0334. The standard InChI is InChI=1S/C24H30N4O3S/c1-5-27(6-2)18-10-8-17(9-11-18)23(29)28(13-7-12-26(3)4)24-25-19-14-20-21(31-16-30-20)15-22(19)32-24/h8-11,14-15H,5-7,12-13,16H2,1-4H3. The Hall–Kier alpha value is -2.84. The molecule has 0 spiro atoms. The Kier molecular flexibility index (Phi) is 6.81. The van der Waals surface area contributed by atoms with Crippen LogP contribution < -0.4 is 19.3 Å². The van der Waals surface area contributed by atoms with E-state index in [1.807, 2.05) is 50.5 Å². The largest absolute Gasteiger partial charge is 0.454 e. The molecule has 0 unspecified atom stereocenters. The van der Waals surface area contributed by atoms with E-state index in [2.05, 4.69) is 23.6 Å². The highest BCUT2D eigenvalue weighted by atomic mass is 32.1. The number of nitrogens with zero attached hydrogens (tertiary/aromatic N) is 4. The first-order valence-corrected chi connectivity index (χ1v) is 11.8. The lowest BCUT2D eigenvalue weighted by Gasteiger charge is -2.23. The Morgan fingerprint density at radius 1 is 1.03 bits per heavy atom. The summed E-state index contributed by atoms with van der Waals surface area (Å²) < 4.78 is 12.0. The number of hydrogen-bond acceptors (Lipinski definition) is 7. The third-order valence-electron chi connectivity index (χ3n) is 5.58. The van der Waals surface area contributed by atoms with Gasteiger partial charge in [0.1, 0.15) is 0 Å². The predicted octanol–water partition coefficient (Wildman–Crippen LogP) is 4.47. The van der Waals surface area contributed by atoms with Crippen molar-refractivity contribution in [3.63, 3.8) is 0 Å². The van der Waals surface area contributed by atoms with Gasteiger partial charge in [0.25, 0.3) is 5.91 Å². The van der Waals surface area contributed by atoms with Crippen molar-refractivity contribution in [2.75, 3.05) is 56.9 Å². The highest BCUT2D eigenvalue weighted by Gasteiger charge is 2.23. The lowest BCUT2D eigenvalue weighted by atomic mass is 10.1. The Labute approximate surface area is 193 Å². The summed E-state index contributed by atoms with van der Waals surface area (Å²) in [5.74, 6) is 1.39. The van der Waals surface area contributed by atoms with Crippen LogP contribution in [0.5, 0.6) is 11.5 Å². The van der Waals surface area contributed by atoms with Crippen LogP contribution in [0.4, 0.5) is 10.8 Å². The first-order chi connectivity index (χ1) is 15.5. The summed E-state index contributed by atoms with van der Waals surface area (Å²) >= 11 is 1.51. The molecule has 2 heterocycles. The molecular formula is C24H30N4O3S. The maximum absolute atomic E-state index is 13.5. The molecule has 0 aliphatic carbocycles. The molecule has 0 saturated carbocycles. The number of thiazole rings is 1. The van der Waals surface area contributed by atoms with Gasteiger partial charge < -0.3 is 19.3 Å². The van der Waals surface area contributed by atoms with Crippen molar-refractivity contribution in [1.29, 1.82) is 0 Å². The van der Waals surface area contributed by atoms with Gasteiger partial charge in [-0.2, -0.15) is 0 Å². The van der Waals surface area contributed by atoms with Crippen LogP contribution in [-0.2, 0) is 0 Å². The molecule has 1 aromatic heterocycles. The van der Waals surface area contributed by atoms with Gasteiger partial charge in [0, 0.05) is 43.0 Å². The minimum Gasteiger partial charge on any atom is -0.454 e. The molecule has 1 aliphatic rings. The summed E-state index contributed by atoms with van der Waals surface area (Å²) in [4.78, 5) is 24.5. The highest BCUT2D eigenvalue weighted by molar-refractivity contribution is 7.22. The Balaban J connectivity index is 1.62. The molecule has 0 radical (unpaired) electrons. The average molecular weight is 455 g/mol. The van der Waals surface area contributed by atoms with Crippen LogP contribution in [0.2, 0.25) is 0 Å². The topological polar surface area (TPSA) is 58.1 Å². The second kappa shape index (κ2) is 9.75. The van der Waals surface area contributed by atoms with Gasteiger partial charge in [-0.3, -0.25) is 9.69 Å². The molecule has 0 fully saturated rings. The lowest BCUT2D eigenvalue weighted by molar-refractivity contribution is 0.0986. The van der Waals surface area contributed by atoms with Crippen molar-refractivity contribution in [2.24, 2.45) is 0 Å². The molecule has 4 rings (SSSR count). The van der Waals surface area contributed by atoms with Gasteiger partial charge in [0.15, 0.2) is 16.6 Å². The lowest BCUT2D eigenvalue weighted by Crippen LogP contribution is -2.33. The molecule has 32 heavy (non-hydrogen) atoms. The molecule has 0 bridgehead atoms. The summed E-state index contributed by atoms with van der Waals surface area (Å²) in [7, 11) is 4.08. The number of aromatic nitrogens is 1. The van der Waals surface area contributed by atoms with Gasteiger partial charge in [0.05, 0.1) is 10.2 Å². The monoisotopic (exact) mass is 454 g/mol. The van der Waals surface area contributed by atoms with E-state index in [9.17, 15) is 4.79 Å². The number of amides is 1. The van der Waals surface area contributed by atoms with Gasteiger partial charge in [-0.1, -0.05) is 11.3 Å². The van der Waals surface area contributed by atoms with E-state index in [0.29, 0.717) is 23.0 Å². The van der Waals surface area contributed by atoms with Crippen molar-refractivity contribution in [1.82, 2.24) is 9.88 Å². The molecule has 7 nitrogen and oxygen atoms in total. The SMILES string of the molecule is CCN(CC)c1ccc(C(=O)N(CCCN(C)C)c2nc3cc4c(cc3s2)OCO4)cc1. The number of carbonyl (C=O) groups is 1. The molecule has 2 aromatic carbocycles. The van der Waals surface area contributed by atoms with Crippen molar-refractivity contribution >= 4 is 38.3 Å². The maximum atomic E-state index is 13.5. The smallest absolute Gasteiger partial charge is 0.260 e. The fraction of sp³-hybridized carbons (Fsp3) is 0.417. The maximum Gasteiger partial charge on any atom is 0.260 e. The minimum absolute atomic E-state index is 0.0334. The van der Waals surface area contributed by atoms with Crippen LogP contribution >= 0.6 is 11.3 Å². The van der Waals surface area contributed by atoms with Gasteiger partial charge in [-0.15, -0.1) is 0 Å². The number of hydrogen-bond donors (Lipinski definition) is 0. The summed E-state index contributed by atoms with van der Waals surface area (Å²) in [5, 5.41) is 0.695. The van der Waals surface area contributed by atoms with Crippen LogP contribution in [0.1, 0.15) is 30.6 Å². The van der Waals surface area contributed by atoms with Crippen molar-refractivity contribution in [3.05, 3.63) is 42.0 Å². The van der Waals surface area contributed by atoms with E-state index in [1.165, 1.54) is 11.3 Å². The Morgan fingerprint density at radius 2 is 1.72 bits per heavy atom. The molecule has 170 valence electrons. The van der Waals surface area contributed by atoms with Gasteiger partial charge in [-0.05, 0) is 65.2 Å². The molecule has 0 atom stereocenters. The number of anilines is 2. The van der Waals surface area contributed by atoms with Gasteiger partial charge in [0.2, 0.25) is 6.79 Å². The van der Waals surface area contributed by atoms with Crippen LogP contribution in [0.3, 0.4) is 0 Å². The fourth-order valence-corrected chi connectivity index (χ4v) is 4.81. The summed E-state index contributed by atoms with van der Waals surface area (Å²) in [5.41, 5.74) is 2.61. The van der Waals surface area contributed by atoms with E-state index >= 15 is 0 Å². The summed E-state index contributed by atoms with van der Waals surface area (Å²) in [6, 6.07) is 11.7. The van der Waals surface area contributed by atoms with Crippen molar-refractivity contribution < 1.29 is 14.3 Å². The predicted molar refractivity (Wildman–Crippen MR) is 131 cm³/mol. The Bertz CT molecular complexity index is 1040. The van der Waals surface area contributed by atoms with Crippen LogP contribution in [0.25, 0.3) is 10.2 Å². The number of benzene rings is 2. The average Bonchev–Trinajstić information content (AvgIpc) is 3.41. The fourth-order valence-electron chi connectivity index (χ4n) is 3.81. The van der Waals surface area contributed by atoms with E-state index in [-0.39, 0.29) is 12.7 Å². The van der Waals surface area contributed by atoms with Gasteiger partial charge in [-0.25, -0.2) is 4.98 Å². The zero-order valence-electron chi connectivity index (χ0n) is 19.1. The number of rotatable bonds is 9. The van der Waals surface area contributed by atoms with Crippen LogP contribution in [0.15, 0.2) is 36.4 Å². The first-order valence-electron chi connectivity index (χ1n) is 11.0. The second-order valence-electron chi connectivity index (χ2n) is 8.00. The Morgan fingerprint density at radius 3 is 2.38 bits per heavy atom. The third kappa shape index (κ3) is 4.66. The summed E-state index contributed by atoms with van der Waals surface area (Å²) in [6.45, 7) is 7.86. The second-order valence-corrected chi connectivity index (χ2v) is 9.01. The number of ether oxygens (including phenoxy) is 2. The van der Waals surface area contributed by atoms with E-state index in [1.54, 1.807) is 4.90 Å². The van der Waals surface area contributed by atoms with E-state index in [4.69, 9.17) is 14.5 Å². The molecule has 0 N–H and O–H groups in total. The molecule has 0 saturated heterocycles. The molecule has 3 aromatic rings. The normalized spacial score (nSPS) is 12.5.